The van der Waals surface area contributed by atoms with Crippen LogP contribution in [0.3, 0.4) is 0 Å². The summed E-state index contributed by atoms with van der Waals surface area (Å²) < 4.78 is 26.3. The van der Waals surface area contributed by atoms with E-state index in [-0.39, 0.29) is 25.3 Å². The van der Waals surface area contributed by atoms with Gasteiger partial charge in [-0.15, -0.1) is 0 Å². The molecule has 3 aliphatic heterocycles. The van der Waals surface area contributed by atoms with Crippen molar-refractivity contribution < 1.29 is 37.7 Å². The summed E-state index contributed by atoms with van der Waals surface area (Å²) in [7, 11) is -1.71. The van der Waals surface area contributed by atoms with Crippen LogP contribution in [0.4, 0.5) is 4.79 Å². The van der Waals surface area contributed by atoms with Crippen molar-refractivity contribution in [3.05, 3.63) is 47.5 Å². The smallest absolute Gasteiger partial charge is 0.410 e. The van der Waals surface area contributed by atoms with Gasteiger partial charge in [-0.05, 0) is 78.4 Å². The number of hydrogen-bond donors (Lipinski definition) is 2. The Morgan fingerprint density at radius 2 is 1.70 bits per heavy atom. The highest BCUT2D eigenvalue weighted by molar-refractivity contribution is 7.85. The molecule has 1 aromatic carbocycles. The second-order valence-corrected chi connectivity index (χ2v) is 18.0. The Kier molecular flexibility index (Phi) is 11.1. The van der Waals surface area contributed by atoms with Gasteiger partial charge in [-0.25, -0.2) is 9.00 Å². The molecule has 0 aromatic heterocycles. The number of nitrogens with one attached hydrogen (secondary N) is 2. The number of benzene rings is 1. The number of nitrogens with zero attached hydrogens (tertiary/aromatic N) is 2. The monoisotopic (exact) mass is 712 g/mol. The minimum absolute atomic E-state index is 0.0232. The molecule has 1 saturated heterocycles. The Morgan fingerprint density at radius 3 is 2.34 bits per heavy atom. The molecule has 2 N–H and O–H groups in total. The van der Waals surface area contributed by atoms with E-state index in [1.54, 1.807) is 46.4 Å². The van der Waals surface area contributed by atoms with Gasteiger partial charge in [0, 0.05) is 31.3 Å². The average Bonchev–Trinajstić information content (AvgIpc) is 3.33. The van der Waals surface area contributed by atoms with Gasteiger partial charge in [0.25, 0.3) is 5.91 Å². The van der Waals surface area contributed by atoms with Crippen LogP contribution in [0.5, 0.6) is 0 Å². The second kappa shape index (κ2) is 14.9. The molecule has 5 rings (SSSR count). The maximum Gasteiger partial charge on any atom is 0.410 e. The Hall–Kier alpha value is -3.74. The topological polar surface area (TPSA) is 151 Å². The zero-order chi connectivity index (χ0) is 36.4. The zero-order valence-corrected chi connectivity index (χ0v) is 30.9. The SMILES string of the molecule is CC(C)(C)OC(=O)C[C@H]1CCCCC/C=C\[C@@H]2C[C@@]2(C(=O)N[S@@](=O)C(C)(C)C)NC(=O)[C@@H]2C[C@@H](OC(=O)N3Cc4ccccc4C3)CN2C1=O. The Balaban J connectivity index is 1.40. The quantitative estimate of drug-likeness (QED) is 0.336. The van der Waals surface area contributed by atoms with Gasteiger partial charge in [-0.1, -0.05) is 49.3 Å². The summed E-state index contributed by atoms with van der Waals surface area (Å²) in [5.74, 6) is -3.07. The van der Waals surface area contributed by atoms with Gasteiger partial charge in [0.2, 0.25) is 11.8 Å². The molecule has 1 aromatic rings. The molecule has 4 aliphatic rings. The molecule has 0 bridgehead atoms. The van der Waals surface area contributed by atoms with Crippen LogP contribution < -0.4 is 10.0 Å². The standard InChI is InChI=1S/C37H52N4O8S/c1-35(2,3)49-30(42)18-24-14-10-8-7-9-11-17-27-20-37(27,33(45)39-50(47)36(4,5)6)38-31(43)29-19-28(23-41(29)32(24)44)48-34(46)40-21-25-15-12-13-16-26(25)22-40/h11-13,15-17,24,27-29H,7-10,14,18-23H2,1-6H3,(H,38,43)(H,39,45)/b17-11-/t24-,27-,28-,29+,37-,50+/m1/s1. The van der Waals surface area contributed by atoms with Crippen LogP contribution in [0.25, 0.3) is 0 Å². The van der Waals surface area contributed by atoms with Crippen LogP contribution in [-0.2, 0) is 52.7 Å². The molecule has 13 heteroatoms. The van der Waals surface area contributed by atoms with Crippen molar-refractivity contribution in [2.24, 2.45) is 11.8 Å². The lowest BCUT2D eigenvalue weighted by atomic mass is 9.95. The lowest BCUT2D eigenvalue weighted by molar-refractivity contribution is -0.159. The van der Waals surface area contributed by atoms with Crippen LogP contribution in [0.15, 0.2) is 36.4 Å². The van der Waals surface area contributed by atoms with E-state index in [1.807, 2.05) is 36.4 Å². The predicted octanol–water partition coefficient (Wildman–Crippen LogP) is 4.43. The van der Waals surface area contributed by atoms with Crippen molar-refractivity contribution in [1.29, 1.82) is 0 Å². The first-order valence-electron chi connectivity index (χ1n) is 17.7. The number of carbonyl (C=O) groups is 5. The van der Waals surface area contributed by atoms with Crippen LogP contribution in [0.2, 0.25) is 0 Å². The molecule has 2 fully saturated rings. The Labute approximate surface area is 297 Å². The summed E-state index contributed by atoms with van der Waals surface area (Å²) in [5, 5.41) is 2.94. The first-order chi connectivity index (χ1) is 23.5. The van der Waals surface area contributed by atoms with Crippen molar-refractivity contribution in [2.45, 2.75) is 134 Å². The summed E-state index contributed by atoms with van der Waals surface area (Å²) in [6, 6.07) is 6.70. The van der Waals surface area contributed by atoms with Crippen LogP contribution in [-0.4, -0.2) is 78.4 Å². The van der Waals surface area contributed by atoms with Gasteiger partial charge in [-0.2, -0.15) is 0 Å². The summed E-state index contributed by atoms with van der Waals surface area (Å²) in [5.41, 5.74) is -0.00216. The van der Waals surface area contributed by atoms with E-state index >= 15 is 0 Å². The molecule has 0 unspecified atom stereocenters. The molecular weight excluding hydrogens is 660 g/mol. The summed E-state index contributed by atoms with van der Waals surface area (Å²) in [4.78, 5) is 71.6. The molecule has 4 amide bonds. The highest BCUT2D eigenvalue weighted by atomic mass is 32.2. The highest BCUT2D eigenvalue weighted by Crippen LogP contribution is 2.46. The first-order valence-corrected chi connectivity index (χ1v) is 18.9. The average molecular weight is 713 g/mol. The van der Waals surface area contributed by atoms with Crippen LogP contribution in [0.1, 0.15) is 104 Å². The van der Waals surface area contributed by atoms with Crippen molar-refractivity contribution in [1.82, 2.24) is 19.8 Å². The van der Waals surface area contributed by atoms with Crippen molar-refractivity contribution in [3.63, 3.8) is 0 Å². The molecule has 6 atom stereocenters. The number of rotatable bonds is 5. The van der Waals surface area contributed by atoms with Gasteiger partial charge in [-0.3, -0.25) is 28.8 Å². The maximum atomic E-state index is 14.4. The summed E-state index contributed by atoms with van der Waals surface area (Å²) in [6.45, 7) is 11.3. The molecule has 50 heavy (non-hydrogen) atoms. The van der Waals surface area contributed by atoms with Crippen LogP contribution >= 0.6 is 0 Å². The van der Waals surface area contributed by atoms with E-state index in [0.717, 1.165) is 30.4 Å². The van der Waals surface area contributed by atoms with Crippen LogP contribution in [0, 0.1) is 11.8 Å². The number of ether oxygens (including phenoxy) is 2. The highest BCUT2D eigenvalue weighted by Gasteiger charge is 2.61. The molecule has 0 spiro atoms. The van der Waals surface area contributed by atoms with E-state index in [1.165, 1.54) is 4.90 Å². The zero-order valence-electron chi connectivity index (χ0n) is 30.1. The van der Waals surface area contributed by atoms with E-state index in [0.29, 0.717) is 32.4 Å². The fraction of sp³-hybridized carbons (Fsp3) is 0.649. The number of allylic oxidation sites excluding steroid dienone is 1. The molecular formula is C37H52N4O8S. The largest absolute Gasteiger partial charge is 0.460 e. The lowest BCUT2D eigenvalue weighted by Gasteiger charge is -2.30. The minimum atomic E-state index is -1.71. The molecule has 274 valence electrons. The minimum Gasteiger partial charge on any atom is -0.460 e. The number of fused-ring (bicyclic) bond motifs is 3. The Bertz CT molecular complexity index is 1520. The predicted molar refractivity (Wildman–Crippen MR) is 187 cm³/mol. The number of amides is 4. The van der Waals surface area contributed by atoms with E-state index in [9.17, 15) is 28.2 Å². The maximum absolute atomic E-state index is 14.4. The van der Waals surface area contributed by atoms with E-state index in [4.69, 9.17) is 9.47 Å². The molecule has 1 aliphatic carbocycles. The third-order valence-corrected chi connectivity index (χ3v) is 11.2. The molecule has 12 nitrogen and oxygen atoms in total. The molecule has 1 saturated carbocycles. The Morgan fingerprint density at radius 1 is 1.02 bits per heavy atom. The third-order valence-electron chi connectivity index (χ3n) is 9.70. The lowest BCUT2D eigenvalue weighted by Crippen LogP contribution is -2.57. The molecule has 3 heterocycles. The van der Waals surface area contributed by atoms with Gasteiger partial charge < -0.3 is 19.7 Å². The third kappa shape index (κ3) is 8.94. The van der Waals surface area contributed by atoms with Gasteiger partial charge in [0.15, 0.2) is 0 Å². The number of hydrogen-bond acceptors (Lipinski definition) is 8. The van der Waals surface area contributed by atoms with Gasteiger partial charge in [0.05, 0.1) is 17.7 Å². The number of esters is 1. The van der Waals surface area contributed by atoms with E-state index < -0.39 is 74.7 Å². The molecule has 0 radical (unpaired) electrons. The van der Waals surface area contributed by atoms with Gasteiger partial charge in [0.1, 0.15) is 34.3 Å². The van der Waals surface area contributed by atoms with E-state index in [2.05, 4.69) is 10.0 Å². The summed E-state index contributed by atoms with van der Waals surface area (Å²) in [6.07, 6.45) is 6.34. The second-order valence-electron chi connectivity index (χ2n) is 16.0. The number of carbonyl (C=O) groups excluding carboxylic acids is 5. The van der Waals surface area contributed by atoms with Gasteiger partial charge >= 0.3 is 12.1 Å². The summed E-state index contributed by atoms with van der Waals surface area (Å²) >= 11 is 0. The van der Waals surface area contributed by atoms with Crippen molar-refractivity contribution in [3.8, 4) is 0 Å². The first kappa shape index (κ1) is 37.5. The normalized spacial score (nSPS) is 28.5. The fourth-order valence-corrected chi connectivity index (χ4v) is 7.55. The van der Waals surface area contributed by atoms with Crippen molar-refractivity contribution in [2.75, 3.05) is 6.54 Å². The van der Waals surface area contributed by atoms with Crippen molar-refractivity contribution >= 4 is 40.8 Å². The fourth-order valence-electron chi connectivity index (χ4n) is 6.89.